The van der Waals surface area contributed by atoms with E-state index in [1.807, 2.05) is 48.4 Å². The summed E-state index contributed by atoms with van der Waals surface area (Å²) in [5, 5.41) is 7.35. The van der Waals surface area contributed by atoms with Crippen LogP contribution in [0.1, 0.15) is 11.1 Å². The zero-order valence-electron chi connectivity index (χ0n) is 20.0. The molecule has 0 saturated carbocycles. The molecule has 4 aromatic rings. The third kappa shape index (κ3) is 6.42. The van der Waals surface area contributed by atoms with Crippen LogP contribution in [0, 0.1) is 0 Å². The minimum absolute atomic E-state index is 0.121. The van der Waals surface area contributed by atoms with Gasteiger partial charge in [-0.2, -0.15) is 18.3 Å². The summed E-state index contributed by atoms with van der Waals surface area (Å²) < 4.78 is 46.2. The summed E-state index contributed by atoms with van der Waals surface area (Å²) >= 11 is 0. The number of alkyl halides is 3. The number of benzene rings is 3. The number of carbonyl (C=O) groups excluding carboxylic acids is 1. The van der Waals surface area contributed by atoms with Gasteiger partial charge in [-0.1, -0.05) is 42.5 Å². The highest BCUT2D eigenvalue weighted by atomic mass is 19.4. The SMILES string of the molecule is CN(C)Cc1ccc(-n2ncc3cc(OCC(Cc4ccccc4)NC(=O)C(F)(F)F)ccc32)cc1. The van der Waals surface area contributed by atoms with E-state index in [-0.39, 0.29) is 13.0 Å². The molecular weight excluding hydrogens is 469 g/mol. The number of rotatable bonds is 9. The molecule has 0 aliphatic rings. The number of hydrogen-bond acceptors (Lipinski definition) is 4. The van der Waals surface area contributed by atoms with Gasteiger partial charge < -0.3 is 15.0 Å². The molecule has 1 aromatic heterocycles. The van der Waals surface area contributed by atoms with Gasteiger partial charge in [0.15, 0.2) is 0 Å². The number of nitrogens with one attached hydrogen (secondary N) is 1. The lowest BCUT2D eigenvalue weighted by atomic mass is 10.1. The topological polar surface area (TPSA) is 59.4 Å². The first-order chi connectivity index (χ1) is 17.2. The molecular formula is C27H27F3N4O2. The second-order valence-corrected chi connectivity index (χ2v) is 8.85. The van der Waals surface area contributed by atoms with Gasteiger partial charge in [-0.15, -0.1) is 0 Å². The summed E-state index contributed by atoms with van der Waals surface area (Å²) in [6, 6.07) is 21.6. The monoisotopic (exact) mass is 496 g/mol. The van der Waals surface area contributed by atoms with Crippen LogP contribution in [0.4, 0.5) is 13.2 Å². The number of aromatic nitrogens is 2. The molecule has 0 aliphatic heterocycles. The molecule has 0 radical (unpaired) electrons. The van der Waals surface area contributed by atoms with Crippen molar-refractivity contribution in [2.45, 2.75) is 25.2 Å². The van der Waals surface area contributed by atoms with Gasteiger partial charge in [0.25, 0.3) is 0 Å². The minimum atomic E-state index is -4.97. The van der Waals surface area contributed by atoms with Gasteiger partial charge in [0, 0.05) is 11.9 Å². The number of fused-ring (bicyclic) bond motifs is 1. The molecule has 36 heavy (non-hydrogen) atoms. The van der Waals surface area contributed by atoms with Gasteiger partial charge in [0.1, 0.15) is 12.4 Å². The number of carbonyl (C=O) groups is 1. The fourth-order valence-electron chi connectivity index (χ4n) is 3.93. The molecule has 0 aliphatic carbocycles. The average molecular weight is 497 g/mol. The summed E-state index contributed by atoms with van der Waals surface area (Å²) in [6.45, 7) is 0.721. The Hall–Kier alpha value is -3.85. The van der Waals surface area contributed by atoms with Crippen molar-refractivity contribution in [3.63, 3.8) is 0 Å². The lowest BCUT2D eigenvalue weighted by molar-refractivity contribution is -0.174. The van der Waals surface area contributed by atoms with Crippen LogP contribution in [0.5, 0.6) is 5.75 Å². The van der Waals surface area contributed by atoms with Gasteiger partial charge in [0.2, 0.25) is 0 Å². The summed E-state index contributed by atoms with van der Waals surface area (Å²) in [5.74, 6) is -1.51. The van der Waals surface area contributed by atoms with Crippen LogP contribution in [0.15, 0.2) is 79.0 Å². The predicted molar refractivity (Wildman–Crippen MR) is 132 cm³/mol. The van der Waals surface area contributed by atoms with Crippen LogP contribution < -0.4 is 10.1 Å². The van der Waals surface area contributed by atoms with E-state index in [0.29, 0.717) is 5.75 Å². The van der Waals surface area contributed by atoms with Crippen molar-refractivity contribution in [3.8, 4) is 11.4 Å². The highest BCUT2D eigenvalue weighted by Gasteiger charge is 2.39. The summed E-state index contributed by atoms with van der Waals surface area (Å²) in [7, 11) is 4.03. The first-order valence-electron chi connectivity index (χ1n) is 11.5. The number of halogens is 3. The fourth-order valence-corrected chi connectivity index (χ4v) is 3.93. The van der Waals surface area contributed by atoms with Crippen molar-refractivity contribution < 1.29 is 22.7 Å². The molecule has 3 aromatic carbocycles. The number of nitrogens with zero attached hydrogens (tertiary/aromatic N) is 3. The zero-order chi connectivity index (χ0) is 25.7. The van der Waals surface area contributed by atoms with E-state index in [4.69, 9.17) is 4.74 Å². The highest BCUT2D eigenvalue weighted by molar-refractivity contribution is 5.82. The van der Waals surface area contributed by atoms with Crippen molar-refractivity contribution in [2.24, 2.45) is 0 Å². The molecule has 0 bridgehead atoms. The molecule has 1 amide bonds. The lowest BCUT2D eigenvalue weighted by Gasteiger charge is -2.20. The maximum Gasteiger partial charge on any atom is 0.471 e. The quantitative estimate of drug-likeness (QED) is 0.363. The molecule has 1 unspecified atom stereocenters. The Bertz CT molecular complexity index is 1300. The molecule has 188 valence electrons. The van der Waals surface area contributed by atoms with Gasteiger partial charge >= 0.3 is 12.1 Å². The van der Waals surface area contributed by atoms with Gasteiger partial charge in [-0.05, 0) is 62.0 Å². The molecule has 1 N–H and O–H groups in total. The zero-order valence-corrected chi connectivity index (χ0v) is 20.0. The minimum Gasteiger partial charge on any atom is -0.491 e. The molecule has 1 atom stereocenters. The number of ether oxygens (including phenoxy) is 1. The van der Waals surface area contributed by atoms with Crippen molar-refractivity contribution in [1.29, 1.82) is 0 Å². The van der Waals surface area contributed by atoms with Crippen LogP contribution in [-0.2, 0) is 17.8 Å². The van der Waals surface area contributed by atoms with E-state index < -0.39 is 18.1 Å². The van der Waals surface area contributed by atoms with Crippen LogP contribution in [-0.4, -0.2) is 53.5 Å². The van der Waals surface area contributed by atoms with Crippen LogP contribution in [0.25, 0.3) is 16.6 Å². The van der Waals surface area contributed by atoms with Gasteiger partial charge in [0.05, 0.1) is 23.4 Å². The maximum absolute atomic E-state index is 12.8. The second kappa shape index (κ2) is 10.8. The Labute approximate surface area is 207 Å². The van der Waals surface area contributed by atoms with Crippen LogP contribution in [0.3, 0.4) is 0 Å². The van der Waals surface area contributed by atoms with Crippen LogP contribution in [0.2, 0.25) is 0 Å². The van der Waals surface area contributed by atoms with E-state index in [0.717, 1.165) is 28.7 Å². The van der Waals surface area contributed by atoms with Crippen LogP contribution >= 0.6 is 0 Å². The van der Waals surface area contributed by atoms with E-state index in [1.165, 1.54) is 5.56 Å². The summed E-state index contributed by atoms with van der Waals surface area (Å²) in [6.07, 6.45) is -3.05. The number of hydrogen-bond donors (Lipinski definition) is 1. The second-order valence-electron chi connectivity index (χ2n) is 8.85. The average Bonchev–Trinajstić information content (AvgIpc) is 3.26. The third-order valence-electron chi connectivity index (χ3n) is 5.59. The Kier molecular flexibility index (Phi) is 7.59. The Morgan fingerprint density at radius 3 is 2.42 bits per heavy atom. The Balaban J connectivity index is 1.48. The summed E-state index contributed by atoms with van der Waals surface area (Å²) in [4.78, 5) is 13.7. The first-order valence-corrected chi connectivity index (χ1v) is 11.5. The smallest absolute Gasteiger partial charge is 0.471 e. The standard InChI is InChI=1S/C27H27F3N4O2/c1-33(2)17-20-8-10-23(11-9-20)34-25-13-12-24(15-21(25)16-31-34)36-18-22(32-26(35)27(28,29)30)14-19-6-4-3-5-7-19/h3-13,15-16,22H,14,17-18H2,1-2H3,(H,32,35). The van der Waals surface area contributed by atoms with E-state index in [9.17, 15) is 18.0 Å². The lowest BCUT2D eigenvalue weighted by Crippen LogP contribution is -2.46. The largest absolute Gasteiger partial charge is 0.491 e. The van der Waals surface area contributed by atoms with Crippen molar-refractivity contribution >= 4 is 16.8 Å². The first kappa shape index (κ1) is 25.2. The van der Waals surface area contributed by atoms with E-state index in [2.05, 4.69) is 22.1 Å². The molecule has 4 rings (SSSR count). The van der Waals surface area contributed by atoms with Crippen molar-refractivity contribution in [1.82, 2.24) is 20.0 Å². The maximum atomic E-state index is 12.8. The number of amides is 1. The Morgan fingerprint density at radius 1 is 1.03 bits per heavy atom. The molecule has 6 nitrogen and oxygen atoms in total. The Morgan fingerprint density at radius 2 is 1.75 bits per heavy atom. The third-order valence-corrected chi connectivity index (χ3v) is 5.59. The normalized spacial score (nSPS) is 12.6. The fraction of sp³-hybridized carbons (Fsp3) is 0.259. The predicted octanol–water partition coefficient (Wildman–Crippen LogP) is 4.76. The van der Waals surface area contributed by atoms with E-state index >= 15 is 0 Å². The van der Waals surface area contributed by atoms with E-state index in [1.54, 1.807) is 42.6 Å². The van der Waals surface area contributed by atoms with Crippen molar-refractivity contribution in [2.75, 3.05) is 20.7 Å². The molecule has 9 heteroatoms. The molecule has 0 saturated heterocycles. The molecule has 0 fully saturated rings. The highest BCUT2D eigenvalue weighted by Crippen LogP contribution is 2.24. The summed E-state index contributed by atoms with van der Waals surface area (Å²) in [5.41, 5.74) is 3.77. The molecule has 0 spiro atoms. The van der Waals surface area contributed by atoms with Gasteiger partial charge in [-0.3, -0.25) is 4.79 Å². The van der Waals surface area contributed by atoms with Gasteiger partial charge in [-0.25, -0.2) is 4.68 Å². The molecule has 1 heterocycles. The van der Waals surface area contributed by atoms with Crippen molar-refractivity contribution in [3.05, 3.63) is 90.1 Å².